The van der Waals surface area contributed by atoms with Crippen molar-refractivity contribution in [2.75, 3.05) is 6.61 Å². The Labute approximate surface area is 92.8 Å². The number of hydrogen-bond donors (Lipinski definition) is 0. The van der Waals surface area contributed by atoms with Crippen LogP contribution < -0.4 is 0 Å². The maximum Gasteiger partial charge on any atom is 0.119 e. The third kappa shape index (κ3) is 3.12. The SMILES string of the molecule is C=C(OCCC)c1cc(C)ccc1CC. The van der Waals surface area contributed by atoms with Crippen molar-refractivity contribution < 1.29 is 4.74 Å². The predicted molar refractivity (Wildman–Crippen MR) is 65.8 cm³/mol. The van der Waals surface area contributed by atoms with Gasteiger partial charge in [-0.1, -0.05) is 38.1 Å². The first kappa shape index (κ1) is 11.8. The number of aryl methyl sites for hydroxylation is 2. The lowest BCUT2D eigenvalue weighted by atomic mass is 10.0. The summed E-state index contributed by atoms with van der Waals surface area (Å²) in [6, 6.07) is 6.44. The highest BCUT2D eigenvalue weighted by Crippen LogP contribution is 2.21. The molecular weight excluding hydrogens is 184 g/mol. The Bertz CT molecular complexity index is 339. The van der Waals surface area contributed by atoms with E-state index in [0.717, 1.165) is 30.8 Å². The van der Waals surface area contributed by atoms with E-state index in [-0.39, 0.29) is 0 Å². The zero-order valence-corrected chi connectivity index (χ0v) is 9.97. The molecular formula is C14H20O. The lowest BCUT2D eigenvalue weighted by molar-refractivity contribution is 0.278. The summed E-state index contributed by atoms with van der Waals surface area (Å²) >= 11 is 0. The quantitative estimate of drug-likeness (QED) is 0.660. The summed E-state index contributed by atoms with van der Waals surface area (Å²) in [6.07, 6.45) is 2.04. The van der Waals surface area contributed by atoms with Crippen LogP contribution >= 0.6 is 0 Å². The summed E-state index contributed by atoms with van der Waals surface area (Å²) in [5.74, 6) is 0.803. The van der Waals surface area contributed by atoms with Gasteiger partial charge in [-0.3, -0.25) is 0 Å². The van der Waals surface area contributed by atoms with Gasteiger partial charge in [-0.2, -0.15) is 0 Å². The van der Waals surface area contributed by atoms with Crippen LogP contribution in [0.4, 0.5) is 0 Å². The molecule has 82 valence electrons. The van der Waals surface area contributed by atoms with Gasteiger partial charge < -0.3 is 4.74 Å². The molecule has 0 heterocycles. The second-order valence-corrected chi connectivity index (χ2v) is 3.79. The maximum absolute atomic E-state index is 5.58. The molecule has 0 aliphatic carbocycles. The van der Waals surface area contributed by atoms with E-state index < -0.39 is 0 Å². The average molecular weight is 204 g/mol. The molecule has 1 aromatic carbocycles. The summed E-state index contributed by atoms with van der Waals surface area (Å²) in [6.45, 7) is 11.1. The van der Waals surface area contributed by atoms with Gasteiger partial charge in [0.05, 0.1) is 6.61 Å². The molecule has 0 N–H and O–H groups in total. The van der Waals surface area contributed by atoms with Crippen LogP contribution in [0.25, 0.3) is 5.76 Å². The van der Waals surface area contributed by atoms with Crippen LogP contribution in [-0.2, 0) is 11.2 Å². The molecule has 0 amide bonds. The summed E-state index contributed by atoms with van der Waals surface area (Å²) in [5.41, 5.74) is 3.72. The molecule has 0 aliphatic rings. The number of hydrogen-bond acceptors (Lipinski definition) is 1. The second-order valence-electron chi connectivity index (χ2n) is 3.79. The molecule has 0 radical (unpaired) electrons. The molecule has 0 saturated carbocycles. The molecule has 1 rings (SSSR count). The first-order chi connectivity index (χ1) is 7.19. The van der Waals surface area contributed by atoms with E-state index in [2.05, 4.69) is 45.5 Å². The minimum Gasteiger partial charge on any atom is -0.494 e. The Kier molecular flexibility index (Phi) is 4.41. The van der Waals surface area contributed by atoms with Crippen molar-refractivity contribution in [3.63, 3.8) is 0 Å². The van der Waals surface area contributed by atoms with Crippen LogP contribution in [0.15, 0.2) is 24.8 Å². The van der Waals surface area contributed by atoms with Crippen molar-refractivity contribution >= 4 is 5.76 Å². The predicted octanol–water partition coefficient (Wildman–Crippen LogP) is 3.95. The average Bonchev–Trinajstić information content (AvgIpc) is 2.25. The minimum absolute atomic E-state index is 0.746. The van der Waals surface area contributed by atoms with Gasteiger partial charge in [0, 0.05) is 5.56 Å². The smallest absolute Gasteiger partial charge is 0.119 e. The Morgan fingerprint density at radius 1 is 1.33 bits per heavy atom. The zero-order valence-electron chi connectivity index (χ0n) is 9.97. The highest BCUT2D eigenvalue weighted by Gasteiger charge is 2.05. The molecule has 1 nitrogen and oxygen atoms in total. The van der Waals surface area contributed by atoms with Gasteiger partial charge in [0.1, 0.15) is 5.76 Å². The Balaban J connectivity index is 2.90. The van der Waals surface area contributed by atoms with Gasteiger partial charge in [0.15, 0.2) is 0 Å². The molecule has 0 unspecified atom stereocenters. The Hall–Kier alpha value is -1.24. The Morgan fingerprint density at radius 2 is 2.07 bits per heavy atom. The van der Waals surface area contributed by atoms with E-state index >= 15 is 0 Å². The van der Waals surface area contributed by atoms with E-state index in [9.17, 15) is 0 Å². The normalized spacial score (nSPS) is 10.1. The van der Waals surface area contributed by atoms with Crippen LogP contribution in [0.2, 0.25) is 0 Å². The van der Waals surface area contributed by atoms with E-state index in [4.69, 9.17) is 4.74 Å². The van der Waals surface area contributed by atoms with E-state index in [1.807, 2.05) is 0 Å². The van der Waals surface area contributed by atoms with Gasteiger partial charge in [-0.15, -0.1) is 0 Å². The molecule has 15 heavy (non-hydrogen) atoms. The molecule has 1 aromatic rings. The third-order valence-electron chi connectivity index (χ3n) is 2.43. The van der Waals surface area contributed by atoms with Crippen molar-refractivity contribution in [3.05, 3.63) is 41.5 Å². The van der Waals surface area contributed by atoms with Crippen LogP contribution in [0.5, 0.6) is 0 Å². The van der Waals surface area contributed by atoms with Gasteiger partial charge in [0.25, 0.3) is 0 Å². The van der Waals surface area contributed by atoms with Gasteiger partial charge in [0.2, 0.25) is 0 Å². The molecule has 0 aromatic heterocycles. The highest BCUT2D eigenvalue weighted by molar-refractivity contribution is 5.61. The van der Waals surface area contributed by atoms with E-state index in [1.54, 1.807) is 0 Å². The van der Waals surface area contributed by atoms with Crippen LogP contribution in [0.3, 0.4) is 0 Å². The van der Waals surface area contributed by atoms with Crippen LogP contribution in [0.1, 0.15) is 37.0 Å². The summed E-state index contributed by atoms with van der Waals surface area (Å²) in [4.78, 5) is 0. The fourth-order valence-corrected chi connectivity index (χ4v) is 1.56. The van der Waals surface area contributed by atoms with Crippen molar-refractivity contribution in [1.82, 2.24) is 0 Å². The van der Waals surface area contributed by atoms with E-state index in [1.165, 1.54) is 11.1 Å². The number of benzene rings is 1. The van der Waals surface area contributed by atoms with E-state index in [0.29, 0.717) is 0 Å². The summed E-state index contributed by atoms with van der Waals surface area (Å²) in [7, 11) is 0. The molecule has 0 aliphatic heterocycles. The first-order valence-electron chi connectivity index (χ1n) is 5.60. The number of ether oxygens (including phenoxy) is 1. The molecule has 0 bridgehead atoms. The lowest BCUT2D eigenvalue weighted by Crippen LogP contribution is -1.97. The van der Waals surface area contributed by atoms with Crippen LogP contribution in [0, 0.1) is 6.92 Å². The number of rotatable bonds is 5. The zero-order chi connectivity index (χ0) is 11.3. The van der Waals surface area contributed by atoms with Crippen molar-refractivity contribution in [3.8, 4) is 0 Å². The van der Waals surface area contributed by atoms with Gasteiger partial charge in [-0.05, 0) is 31.4 Å². The summed E-state index contributed by atoms with van der Waals surface area (Å²) < 4.78 is 5.58. The van der Waals surface area contributed by atoms with Crippen molar-refractivity contribution in [2.45, 2.75) is 33.6 Å². The minimum atomic E-state index is 0.746. The molecule has 0 saturated heterocycles. The molecule has 0 fully saturated rings. The monoisotopic (exact) mass is 204 g/mol. The fourth-order valence-electron chi connectivity index (χ4n) is 1.56. The van der Waals surface area contributed by atoms with Gasteiger partial charge in [-0.25, -0.2) is 0 Å². The molecule has 0 atom stereocenters. The molecule has 1 heteroatoms. The topological polar surface area (TPSA) is 9.23 Å². The van der Waals surface area contributed by atoms with Crippen molar-refractivity contribution in [2.24, 2.45) is 0 Å². The second kappa shape index (κ2) is 5.59. The summed E-state index contributed by atoms with van der Waals surface area (Å²) in [5, 5.41) is 0. The maximum atomic E-state index is 5.58. The standard InChI is InChI=1S/C14H20O/c1-5-9-15-12(4)14-10-11(3)7-8-13(14)6-2/h7-8,10H,4-6,9H2,1-3H3. The first-order valence-corrected chi connectivity index (χ1v) is 5.60. The third-order valence-corrected chi connectivity index (χ3v) is 2.43. The fraction of sp³-hybridized carbons (Fsp3) is 0.429. The molecule has 0 spiro atoms. The van der Waals surface area contributed by atoms with Crippen LogP contribution in [-0.4, -0.2) is 6.61 Å². The highest BCUT2D eigenvalue weighted by atomic mass is 16.5. The largest absolute Gasteiger partial charge is 0.494 e. The Morgan fingerprint density at radius 3 is 2.67 bits per heavy atom. The van der Waals surface area contributed by atoms with Crippen molar-refractivity contribution in [1.29, 1.82) is 0 Å². The lowest BCUT2D eigenvalue weighted by Gasteiger charge is -2.12. The van der Waals surface area contributed by atoms with Gasteiger partial charge >= 0.3 is 0 Å².